The minimum absolute atomic E-state index is 0. The predicted molar refractivity (Wildman–Crippen MR) is 102 cm³/mol. The monoisotopic (exact) mass is 439 g/mol. The van der Waals surface area contributed by atoms with Crippen LogP contribution in [0.4, 0.5) is 4.39 Å². The van der Waals surface area contributed by atoms with Crippen LogP contribution in [0.1, 0.15) is 19.8 Å². The summed E-state index contributed by atoms with van der Waals surface area (Å²) in [5.41, 5.74) is 0. The molecule has 132 valence electrons. The van der Waals surface area contributed by atoms with Crippen molar-refractivity contribution in [2.75, 3.05) is 40.0 Å². The largest absolute Gasteiger partial charge is 0.494 e. The van der Waals surface area contributed by atoms with Gasteiger partial charge in [-0.3, -0.25) is 4.99 Å². The van der Waals surface area contributed by atoms with Crippen LogP contribution in [0.3, 0.4) is 0 Å². The molecule has 1 aromatic rings. The number of guanidine groups is 1. The maximum atomic E-state index is 12.7. The van der Waals surface area contributed by atoms with Gasteiger partial charge >= 0.3 is 0 Å². The molecule has 0 bridgehead atoms. The lowest BCUT2D eigenvalue weighted by Gasteiger charge is -2.12. The fourth-order valence-electron chi connectivity index (χ4n) is 1.75. The highest BCUT2D eigenvalue weighted by molar-refractivity contribution is 14.0. The second-order valence-corrected chi connectivity index (χ2v) is 4.63. The fraction of sp³-hybridized carbons (Fsp3) is 0.562. The Hall–Kier alpha value is -1.09. The van der Waals surface area contributed by atoms with E-state index in [-0.39, 0.29) is 29.8 Å². The lowest BCUT2D eigenvalue weighted by molar-refractivity contribution is 0.145. The van der Waals surface area contributed by atoms with E-state index in [1.807, 2.05) is 6.92 Å². The van der Waals surface area contributed by atoms with Crippen molar-refractivity contribution in [3.05, 3.63) is 30.1 Å². The molecule has 0 spiro atoms. The van der Waals surface area contributed by atoms with Gasteiger partial charge in [-0.05, 0) is 44.0 Å². The molecule has 0 aromatic heterocycles. The smallest absolute Gasteiger partial charge is 0.190 e. The van der Waals surface area contributed by atoms with E-state index in [9.17, 15) is 4.39 Å². The van der Waals surface area contributed by atoms with Gasteiger partial charge in [0, 0.05) is 33.4 Å². The first-order valence-electron chi connectivity index (χ1n) is 7.67. The Morgan fingerprint density at radius 3 is 2.26 bits per heavy atom. The molecule has 0 heterocycles. The van der Waals surface area contributed by atoms with Gasteiger partial charge in [0.05, 0.1) is 6.61 Å². The van der Waals surface area contributed by atoms with Crippen LogP contribution in [0.5, 0.6) is 5.75 Å². The van der Waals surface area contributed by atoms with Crippen molar-refractivity contribution in [2.45, 2.75) is 19.8 Å². The Morgan fingerprint density at radius 2 is 1.70 bits per heavy atom. The van der Waals surface area contributed by atoms with Crippen LogP contribution in [0.2, 0.25) is 0 Å². The van der Waals surface area contributed by atoms with Gasteiger partial charge in [0.15, 0.2) is 5.96 Å². The van der Waals surface area contributed by atoms with Crippen molar-refractivity contribution in [1.82, 2.24) is 10.6 Å². The number of hydrogen-bond acceptors (Lipinski definition) is 3. The molecular weight excluding hydrogens is 412 g/mol. The summed E-state index contributed by atoms with van der Waals surface area (Å²) in [6, 6.07) is 6.03. The Kier molecular flexibility index (Phi) is 13.8. The highest BCUT2D eigenvalue weighted by atomic mass is 127. The molecule has 5 nitrogen and oxygen atoms in total. The molecule has 1 aromatic carbocycles. The molecule has 0 aliphatic heterocycles. The zero-order chi connectivity index (χ0) is 16.0. The van der Waals surface area contributed by atoms with E-state index in [1.54, 1.807) is 19.2 Å². The van der Waals surface area contributed by atoms with E-state index in [1.165, 1.54) is 12.1 Å². The molecule has 0 saturated heterocycles. The van der Waals surface area contributed by atoms with Crippen LogP contribution in [-0.2, 0) is 4.74 Å². The summed E-state index contributed by atoms with van der Waals surface area (Å²) in [4.78, 5) is 4.14. The zero-order valence-electron chi connectivity index (χ0n) is 13.8. The Balaban J connectivity index is 0.00000484. The standard InChI is InChI=1S/C16H26FN3O2.HI/c1-3-21-12-4-10-19-16(18-2)20-11-5-13-22-15-8-6-14(17)7-9-15;/h6-9H,3-5,10-13H2,1-2H3,(H2,18,19,20);1H. The third-order valence-electron chi connectivity index (χ3n) is 2.88. The minimum Gasteiger partial charge on any atom is -0.494 e. The molecule has 0 radical (unpaired) electrons. The third kappa shape index (κ3) is 11.1. The van der Waals surface area contributed by atoms with E-state index in [2.05, 4.69) is 15.6 Å². The molecule has 0 amide bonds. The quantitative estimate of drug-likeness (QED) is 0.255. The van der Waals surface area contributed by atoms with Crippen molar-refractivity contribution in [1.29, 1.82) is 0 Å². The lowest BCUT2D eigenvalue weighted by Crippen LogP contribution is -2.38. The highest BCUT2D eigenvalue weighted by Gasteiger charge is 1.98. The topological polar surface area (TPSA) is 54.9 Å². The van der Waals surface area contributed by atoms with E-state index in [0.29, 0.717) is 12.4 Å². The van der Waals surface area contributed by atoms with Gasteiger partial charge in [-0.2, -0.15) is 0 Å². The average Bonchev–Trinajstić information content (AvgIpc) is 2.54. The molecule has 2 N–H and O–H groups in total. The number of rotatable bonds is 10. The Morgan fingerprint density at radius 1 is 1.09 bits per heavy atom. The number of benzene rings is 1. The second-order valence-electron chi connectivity index (χ2n) is 4.63. The van der Waals surface area contributed by atoms with Gasteiger partial charge in [0.1, 0.15) is 11.6 Å². The summed E-state index contributed by atoms with van der Waals surface area (Å²) in [5.74, 6) is 1.20. The highest BCUT2D eigenvalue weighted by Crippen LogP contribution is 2.10. The first-order chi connectivity index (χ1) is 10.8. The summed E-state index contributed by atoms with van der Waals surface area (Å²) in [6.45, 7) is 5.65. The first-order valence-corrected chi connectivity index (χ1v) is 7.67. The van der Waals surface area contributed by atoms with Crippen LogP contribution in [0.15, 0.2) is 29.3 Å². The van der Waals surface area contributed by atoms with Gasteiger partial charge in [-0.25, -0.2) is 4.39 Å². The van der Waals surface area contributed by atoms with Gasteiger partial charge < -0.3 is 20.1 Å². The van der Waals surface area contributed by atoms with Crippen molar-refractivity contribution >= 4 is 29.9 Å². The average molecular weight is 439 g/mol. The van der Waals surface area contributed by atoms with Crippen LogP contribution < -0.4 is 15.4 Å². The van der Waals surface area contributed by atoms with Crippen molar-refractivity contribution < 1.29 is 13.9 Å². The summed E-state index contributed by atoms with van der Waals surface area (Å²) in [5, 5.41) is 6.43. The Bertz CT molecular complexity index is 430. The molecule has 0 aliphatic rings. The minimum atomic E-state index is -0.256. The fourth-order valence-corrected chi connectivity index (χ4v) is 1.75. The molecule has 0 aliphatic carbocycles. The van der Waals surface area contributed by atoms with Gasteiger partial charge in [0.2, 0.25) is 0 Å². The predicted octanol–water partition coefficient (Wildman–Crippen LogP) is 2.80. The van der Waals surface area contributed by atoms with Gasteiger partial charge in [0.25, 0.3) is 0 Å². The second kappa shape index (κ2) is 14.5. The van der Waals surface area contributed by atoms with Crippen LogP contribution in [0.25, 0.3) is 0 Å². The Labute approximate surface area is 155 Å². The molecule has 0 atom stereocenters. The maximum absolute atomic E-state index is 12.7. The molecule has 23 heavy (non-hydrogen) atoms. The van der Waals surface area contributed by atoms with E-state index in [4.69, 9.17) is 9.47 Å². The first kappa shape index (κ1) is 21.9. The summed E-state index contributed by atoms with van der Waals surface area (Å²) >= 11 is 0. The summed E-state index contributed by atoms with van der Waals surface area (Å²) < 4.78 is 23.5. The molecule has 0 saturated carbocycles. The van der Waals surface area contributed by atoms with Crippen molar-refractivity contribution in [3.8, 4) is 5.75 Å². The molecule has 0 unspecified atom stereocenters. The molecule has 1 rings (SSSR count). The van der Waals surface area contributed by atoms with E-state index < -0.39 is 0 Å². The van der Waals surface area contributed by atoms with Crippen molar-refractivity contribution in [3.63, 3.8) is 0 Å². The summed E-state index contributed by atoms with van der Waals surface area (Å²) in [7, 11) is 1.74. The molecule has 0 fully saturated rings. The van der Waals surface area contributed by atoms with Crippen LogP contribution in [0, 0.1) is 5.82 Å². The number of halogens is 2. The summed E-state index contributed by atoms with van der Waals surface area (Å²) in [6.07, 6.45) is 1.78. The van der Waals surface area contributed by atoms with Crippen molar-refractivity contribution in [2.24, 2.45) is 4.99 Å². The maximum Gasteiger partial charge on any atom is 0.190 e. The zero-order valence-corrected chi connectivity index (χ0v) is 16.1. The third-order valence-corrected chi connectivity index (χ3v) is 2.88. The van der Waals surface area contributed by atoms with E-state index in [0.717, 1.165) is 45.1 Å². The molecule has 7 heteroatoms. The van der Waals surface area contributed by atoms with Crippen LogP contribution >= 0.6 is 24.0 Å². The number of aliphatic imine (C=N–C) groups is 1. The number of hydrogen-bond donors (Lipinski definition) is 2. The number of nitrogens with zero attached hydrogens (tertiary/aromatic N) is 1. The normalized spacial score (nSPS) is 10.8. The number of nitrogens with one attached hydrogen (secondary N) is 2. The van der Waals surface area contributed by atoms with Gasteiger partial charge in [-0.1, -0.05) is 0 Å². The SMILES string of the molecule is CCOCCCNC(=NC)NCCCOc1ccc(F)cc1.I. The van der Waals surface area contributed by atoms with Crippen LogP contribution in [-0.4, -0.2) is 45.9 Å². The lowest BCUT2D eigenvalue weighted by atomic mass is 10.3. The van der Waals surface area contributed by atoms with Gasteiger partial charge in [-0.15, -0.1) is 24.0 Å². The van der Waals surface area contributed by atoms with E-state index >= 15 is 0 Å². The number of ether oxygens (including phenoxy) is 2. The molecular formula is C16H27FIN3O2.